The minimum absolute atomic E-state index is 0.00646. The van der Waals surface area contributed by atoms with Crippen LogP contribution in [0.15, 0.2) is 48.5 Å². The molecule has 0 aliphatic carbocycles. The first-order valence-electron chi connectivity index (χ1n) is 8.43. The second kappa shape index (κ2) is 8.22. The normalized spacial score (nSPS) is 12.1. The highest BCUT2D eigenvalue weighted by atomic mass is 32.2. The van der Waals surface area contributed by atoms with Crippen molar-refractivity contribution in [2.24, 2.45) is 0 Å². The molecule has 0 atom stereocenters. The second-order valence-corrected chi connectivity index (χ2v) is 8.52. The van der Waals surface area contributed by atoms with E-state index in [1.54, 1.807) is 24.3 Å². The van der Waals surface area contributed by atoms with E-state index in [0.29, 0.717) is 5.69 Å². The van der Waals surface area contributed by atoms with Crippen LogP contribution in [-0.2, 0) is 21.0 Å². The molecule has 0 aromatic heterocycles. The number of nitrogens with one attached hydrogen (secondary N) is 1. The third kappa shape index (κ3) is 5.48. The third-order valence-electron chi connectivity index (χ3n) is 3.99. The minimum Gasteiger partial charge on any atom is -0.325 e. The monoisotopic (exact) mass is 414 g/mol. The quantitative estimate of drug-likeness (QED) is 0.769. The lowest BCUT2D eigenvalue weighted by atomic mass is 10.0. The molecule has 0 aliphatic rings. The molecule has 0 aliphatic heterocycles. The predicted octanol–water partition coefficient (Wildman–Crippen LogP) is 4.23. The molecule has 5 nitrogen and oxygen atoms in total. The highest BCUT2D eigenvalue weighted by Crippen LogP contribution is 2.31. The number of carbonyl (C=O) groups is 1. The summed E-state index contributed by atoms with van der Waals surface area (Å²) in [5.41, 5.74) is 0.125. The molecule has 0 radical (unpaired) electrons. The molecule has 9 heteroatoms. The van der Waals surface area contributed by atoms with E-state index < -0.39 is 34.2 Å². The van der Waals surface area contributed by atoms with Crippen LogP contribution in [0.4, 0.5) is 24.5 Å². The Morgan fingerprint density at radius 3 is 2.32 bits per heavy atom. The third-order valence-corrected chi connectivity index (χ3v) is 5.12. The SMILES string of the molecule is CC(C)c1ccccc1N(CC(=O)Nc1cccc(C(F)(F)F)c1)S(C)(=O)=O. The summed E-state index contributed by atoms with van der Waals surface area (Å²) < 4.78 is 63.9. The molecule has 1 amide bonds. The largest absolute Gasteiger partial charge is 0.416 e. The van der Waals surface area contributed by atoms with E-state index in [0.717, 1.165) is 28.3 Å². The van der Waals surface area contributed by atoms with Crippen LogP contribution in [0, 0.1) is 0 Å². The lowest BCUT2D eigenvalue weighted by Gasteiger charge is -2.25. The number of halogens is 3. The number of carbonyl (C=O) groups excluding carboxylic acids is 1. The van der Waals surface area contributed by atoms with Gasteiger partial charge < -0.3 is 5.32 Å². The Morgan fingerprint density at radius 2 is 1.75 bits per heavy atom. The van der Waals surface area contributed by atoms with E-state index >= 15 is 0 Å². The van der Waals surface area contributed by atoms with Crippen molar-refractivity contribution in [1.29, 1.82) is 0 Å². The summed E-state index contributed by atoms with van der Waals surface area (Å²) in [6, 6.07) is 10.9. The van der Waals surface area contributed by atoms with E-state index in [1.165, 1.54) is 12.1 Å². The van der Waals surface area contributed by atoms with Gasteiger partial charge in [-0.2, -0.15) is 13.2 Å². The molecule has 2 rings (SSSR count). The summed E-state index contributed by atoms with van der Waals surface area (Å²) in [4.78, 5) is 12.4. The summed E-state index contributed by atoms with van der Waals surface area (Å²) in [5, 5.41) is 2.33. The Labute approximate surface area is 162 Å². The molecule has 2 aromatic rings. The van der Waals surface area contributed by atoms with Gasteiger partial charge >= 0.3 is 6.18 Å². The van der Waals surface area contributed by atoms with Crippen molar-refractivity contribution in [3.8, 4) is 0 Å². The van der Waals surface area contributed by atoms with Gasteiger partial charge in [0.25, 0.3) is 0 Å². The van der Waals surface area contributed by atoms with E-state index in [1.807, 2.05) is 13.8 Å². The average molecular weight is 414 g/mol. The Balaban J connectivity index is 2.29. The zero-order chi connectivity index (χ0) is 21.1. The number of amides is 1. The number of hydrogen-bond acceptors (Lipinski definition) is 3. The van der Waals surface area contributed by atoms with Gasteiger partial charge in [0, 0.05) is 5.69 Å². The van der Waals surface area contributed by atoms with Gasteiger partial charge in [-0.3, -0.25) is 9.10 Å². The number of alkyl halides is 3. The number of para-hydroxylation sites is 1. The van der Waals surface area contributed by atoms with Gasteiger partial charge in [0.2, 0.25) is 15.9 Å². The van der Waals surface area contributed by atoms with Crippen molar-refractivity contribution < 1.29 is 26.4 Å². The molecule has 152 valence electrons. The molecule has 1 N–H and O–H groups in total. The van der Waals surface area contributed by atoms with Crippen LogP contribution in [-0.4, -0.2) is 27.1 Å². The fraction of sp³-hybridized carbons (Fsp3) is 0.316. The van der Waals surface area contributed by atoms with Gasteiger partial charge in [-0.25, -0.2) is 8.42 Å². The van der Waals surface area contributed by atoms with E-state index in [-0.39, 0.29) is 11.6 Å². The molecule has 0 heterocycles. The standard InChI is InChI=1S/C19H21F3N2O3S/c1-13(2)16-9-4-5-10-17(16)24(28(3,26)27)12-18(25)23-15-8-6-7-14(11-15)19(20,21)22/h4-11,13H,12H2,1-3H3,(H,23,25). The number of benzene rings is 2. The highest BCUT2D eigenvalue weighted by molar-refractivity contribution is 7.92. The predicted molar refractivity (Wildman–Crippen MR) is 103 cm³/mol. The van der Waals surface area contributed by atoms with E-state index in [2.05, 4.69) is 5.32 Å². The summed E-state index contributed by atoms with van der Waals surface area (Å²) in [6.45, 7) is 3.23. The highest BCUT2D eigenvalue weighted by Gasteiger charge is 2.30. The zero-order valence-electron chi connectivity index (χ0n) is 15.6. The molecular formula is C19H21F3N2O3S. The molecule has 0 saturated carbocycles. The van der Waals surface area contributed by atoms with Crippen LogP contribution in [0.25, 0.3) is 0 Å². The van der Waals surface area contributed by atoms with Crippen molar-refractivity contribution in [2.75, 3.05) is 22.4 Å². The van der Waals surface area contributed by atoms with Crippen molar-refractivity contribution in [3.63, 3.8) is 0 Å². The Morgan fingerprint density at radius 1 is 1.11 bits per heavy atom. The number of rotatable bonds is 6. The summed E-state index contributed by atoms with van der Waals surface area (Å²) in [6.07, 6.45) is -3.57. The fourth-order valence-corrected chi connectivity index (χ4v) is 3.56. The van der Waals surface area contributed by atoms with Gasteiger partial charge in [-0.1, -0.05) is 38.1 Å². The maximum absolute atomic E-state index is 12.8. The lowest BCUT2D eigenvalue weighted by molar-refractivity contribution is -0.137. The van der Waals surface area contributed by atoms with Crippen LogP contribution in [0.3, 0.4) is 0 Å². The van der Waals surface area contributed by atoms with Crippen molar-refractivity contribution in [3.05, 3.63) is 59.7 Å². The number of nitrogens with zero attached hydrogens (tertiary/aromatic N) is 1. The Bertz CT molecular complexity index is 957. The van der Waals surface area contributed by atoms with Crippen molar-refractivity contribution in [2.45, 2.75) is 25.9 Å². The number of hydrogen-bond donors (Lipinski definition) is 1. The maximum Gasteiger partial charge on any atom is 0.416 e. The van der Waals surface area contributed by atoms with Gasteiger partial charge in [-0.15, -0.1) is 0 Å². The molecule has 0 saturated heterocycles. The van der Waals surface area contributed by atoms with Crippen LogP contribution in [0.1, 0.15) is 30.9 Å². The molecule has 0 bridgehead atoms. The molecular weight excluding hydrogens is 393 g/mol. The topological polar surface area (TPSA) is 66.5 Å². The summed E-state index contributed by atoms with van der Waals surface area (Å²) >= 11 is 0. The first kappa shape index (κ1) is 21.7. The van der Waals surface area contributed by atoms with Crippen LogP contribution >= 0.6 is 0 Å². The number of sulfonamides is 1. The molecule has 0 unspecified atom stereocenters. The molecule has 2 aromatic carbocycles. The first-order valence-corrected chi connectivity index (χ1v) is 10.3. The minimum atomic E-state index is -4.55. The van der Waals surface area contributed by atoms with Crippen molar-refractivity contribution >= 4 is 27.3 Å². The van der Waals surface area contributed by atoms with Gasteiger partial charge in [0.05, 0.1) is 17.5 Å². The van der Waals surface area contributed by atoms with Crippen LogP contribution in [0.2, 0.25) is 0 Å². The first-order chi connectivity index (χ1) is 12.9. The Hall–Kier alpha value is -2.55. The van der Waals surface area contributed by atoms with E-state index in [9.17, 15) is 26.4 Å². The lowest BCUT2D eigenvalue weighted by Crippen LogP contribution is -2.38. The molecule has 0 fully saturated rings. The van der Waals surface area contributed by atoms with Gasteiger partial charge in [0.1, 0.15) is 6.54 Å². The summed E-state index contributed by atoms with van der Waals surface area (Å²) in [7, 11) is -3.80. The zero-order valence-corrected chi connectivity index (χ0v) is 16.4. The number of anilines is 2. The maximum atomic E-state index is 12.8. The fourth-order valence-electron chi connectivity index (χ4n) is 2.69. The van der Waals surface area contributed by atoms with E-state index in [4.69, 9.17) is 0 Å². The Kier molecular flexibility index (Phi) is 6.38. The molecule has 0 spiro atoms. The van der Waals surface area contributed by atoms with Gasteiger partial charge in [0.15, 0.2) is 0 Å². The van der Waals surface area contributed by atoms with Crippen LogP contribution < -0.4 is 9.62 Å². The second-order valence-electron chi connectivity index (χ2n) is 6.61. The smallest absolute Gasteiger partial charge is 0.325 e. The summed E-state index contributed by atoms with van der Waals surface area (Å²) in [5.74, 6) is -0.740. The van der Waals surface area contributed by atoms with Crippen LogP contribution in [0.5, 0.6) is 0 Å². The molecule has 28 heavy (non-hydrogen) atoms. The van der Waals surface area contributed by atoms with Gasteiger partial charge in [-0.05, 0) is 35.7 Å². The van der Waals surface area contributed by atoms with Crippen molar-refractivity contribution in [1.82, 2.24) is 0 Å². The average Bonchev–Trinajstić information content (AvgIpc) is 2.58.